The van der Waals surface area contributed by atoms with Gasteiger partial charge in [-0.3, -0.25) is 4.79 Å². The zero-order chi connectivity index (χ0) is 14.5. The van der Waals surface area contributed by atoms with Crippen molar-refractivity contribution in [2.75, 3.05) is 19.7 Å². The third kappa shape index (κ3) is 3.76. The summed E-state index contributed by atoms with van der Waals surface area (Å²) < 4.78 is 25.8. The van der Waals surface area contributed by atoms with E-state index in [-0.39, 0.29) is 12.5 Å². The summed E-state index contributed by atoms with van der Waals surface area (Å²) in [6.45, 7) is 1.57. The number of rotatable bonds is 5. The minimum absolute atomic E-state index is 0.0372. The van der Waals surface area contributed by atoms with Crippen LogP contribution < -0.4 is 0 Å². The Kier molecular flexibility index (Phi) is 5.06. The summed E-state index contributed by atoms with van der Waals surface area (Å²) in [5.41, 5.74) is 0.628. The highest BCUT2D eigenvalue weighted by Crippen LogP contribution is 2.20. The van der Waals surface area contributed by atoms with Gasteiger partial charge in [0.15, 0.2) is 11.6 Å². The molecule has 5 heteroatoms. The van der Waals surface area contributed by atoms with Crippen LogP contribution >= 0.6 is 0 Å². The van der Waals surface area contributed by atoms with E-state index in [1.54, 1.807) is 4.90 Å². The van der Waals surface area contributed by atoms with Crippen LogP contribution in [0.4, 0.5) is 8.78 Å². The van der Waals surface area contributed by atoms with Gasteiger partial charge >= 0.3 is 0 Å². The Bertz CT molecular complexity index is 479. The maximum Gasteiger partial charge on any atom is 0.222 e. The van der Waals surface area contributed by atoms with Crippen molar-refractivity contribution in [1.82, 2.24) is 4.90 Å². The number of aliphatic hydroxyl groups excluding tert-OH is 1. The molecule has 0 saturated carbocycles. The zero-order valence-corrected chi connectivity index (χ0v) is 11.3. The molecule has 1 N–H and O–H groups in total. The smallest absolute Gasteiger partial charge is 0.222 e. The Morgan fingerprint density at radius 3 is 2.85 bits per heavy atom. The molecule has 1 fully saturated rings. The molecule has 20 heavy (non-hydrogen) atoms. The van der Waals surface area contributed by atoms with Gasteiger partial charge in [-0.15, -0.1) is 0 Å². The van der Waals surface area contributed by atoms with Crippen LogP contribution in [0.3, 0.4) is 0 Å². The maximum atomic E-state index is 13.0. The number of carbonyl (C=O) groups is 1. The molecule has 1 amide bonds. The van der Waals surface area contributed by atoms with Crippen LogP contribution in [-0.2, 0) is 11.2 Å². The van der Waals surface area contributed by atoms with Gasteiger partial charge in [0.2, 0.25) is 5.91 Å². The average molecular weight is 283 g/mol. The molecule has 0 aliphatic carbocycles. The van der Waals surface area contributed by atoms with Crippen LogP contribution in [0, 0.1) is 17.6 Å². The third-order valence-electron chi connectivity index (χ3n) is 3.79. The fourth-order valence-electron chi connectivity index (χ4n) is 2.58. The monoisotopic (exact) mass is 283 g/mol. The standard InChI is InChI=1S/C15H19F2NO2/c16-13-3-1-11(9-14(13)17)2-4-15(20)18-7-5-12(10-18)6-8-19/h1,3,9,12,19H,2,4-8,10H2. The largest absolute Gasteiger partial charge is 0.396 e. The average Bonchev–Trinajstić information content (AvgIpc) is 2.89. The summed E-state index contributed by atoms with van der Waals surface area (Å²) in [6.07, 6.45) is 2.37. The van der Waals surface area contributed by atoms with Gasteiger partial charge in [-0.05, 0) is 42.9 Å². The van der Waals surface area contributed by atoms with Gasteiger partial charge in [-0.1, -0.05) is 6.07 Å². The molecule has 1 aliphatic rings. The topological polar surface area (TPSA) is 40.5 Å². The van der Waals surface area contributed by atoms with Crippen molar-refractivity contribution in [3.8, 4) is 0 Å². The molecule has 1 heterocycles. The first kappa shape index (κ1) is 14.9. The van der Waals surface area contributed by atoms with Crippen LogP contribution in [0.1, 0.15) is 24.8 Å². The second-order valence-corrected chi connectivity index (χ2v) is 5.26. The molecule has 1 atom stereocenters. The van der Waals surface area contributed by atoms with Crippen molar-refractivity contribution in [3.05, 3.63) is 35.4 Å². The molecule has 1 aromatic carbocycles. The van der Waals surface area contributed by atoms with Gasteiger partial charge in [0.1, 0.15) is 0 Å². The summed E-state index contributed by atoms with van der Waals surface area (Å²) in [5.74, 6) is -1.33. The van der Waals surface area contributed by atoms with Gasteiger partial charge in [0.05, 0.1) is 0 Å². The Hall–Kier alpha value is -1.49. The lowest BCUT2D eigenvalue weighted by molar-refractivity contribution is -0.130. The second-order valence-electron chi connectivity index (χ2n) is 5.26. The SMILES string of the molecule is O=C(CCc1ccc(F)c(F)c1)N1CCC(CCO)C1. The molecule has 0 aromatic heterocycles. The predicted molar refractivity (Wildman–Crippen MR) is 71.1 cm³/mol. The number of likely N-dealkylation sites (tertiary alicyclic amines) is 1. The van der Waals surface area contributed by atoms with Crippen molar-refractivity contribution in [2.45, 2.75) is 25.7 Å². The van der Waals surface area contributed by atoms with Crippen molar-refractivity contribution in [3.63, 3.8) is 0 Å². The molecular weight excluding hydrogens is 264 g/mol. The van der Waals surface area contributed by atoms with E-state index >= 15 is 0 Å². The number of halogens is 2. The summed E-state index contributed by atoms with van der Waals surface area (Å²) in [5, 5.41) is 8.88. The summed E-state index contributed by atoms with van der Waals surface area (Å²) >= 11 is 0. The molecule has 1 saturated heterocycles. The summed E-state index contributed by atoms with van der Waals surface area (Å²) in [6, 6.07) is 3.73. The van der Waals surface area contributed by atoms with Crippen LogP contribution in [-0.4, -0.2) is 35.6 Å². The molecular formula is C15H19F2NO2. The molecule has 0 spiro atoms. The van der Waals surface area contributed by atoms with E-state index in [0.717, 1.165) is 31.5 Å². The molecule has 3 nitrogen and oxygen atoms in total. The minimum atomic E-state index is -0.876. The molecule has 0 radical (unpaired) electrons. The van der Waals surface area contributed by atoms with Gasteiger partial charge in [0.25, 0.3) is 0 Å². The first-order chi connectivity index (χ1) is 9.60. The molecule has 1 aliphatic heterocycles. The second kappa shape index (κ2) is 6.79. The normalized spacial score (nSPS) is 18.6. The van der Waals surface area contributed by atoms with E-state index < -0.39 is 11.6 Å². The lowest BCUT2D eigenvalue weighted by Gasteiger charge is -2.16. The van der Waals surface area contributed by atoms with Gasteiger partial charge in [-0.2, -0.15) is 0 Å². The highest BCUT2D eigenvalue weighted by Gasteiger charge is 2.25. The number of hydrogen-bond acceptors (Lipinski definition) is 2. The van der Waals surface area contributed by atoms with Crippen molar-refractivity contribution >= 4 is 5.91 Å². The van der Waals surface area contributed by atoms with Gasteiger partial charge in [-0.25, -0.2) is 8.78 Å². The molecule has 110 valence electrons. The Morgan fingerprint density at radius 2 is 2.15 bits per heavy atom. The highest BCUT2D eigenvalue weighted by molar-refractivity contribution is 5.76. The van der Waals surface area contributed by atoms with E-state index in [0.29, 0.717) is 30.9 Å². The van der Waals surface area contributed by atoms with E-state index in [1.165, 1.54) is 6.07 Å². The lowest BCUT2D eigenvalue weighted by Crippen LogP contribution is -2.29. The number of benzene rings is 1. The van der Waals surface area contributed by atoms with Crippen molar-refractivity contribution < 1.29 is 18.7 Å². The Labute approximate surface area is 117 Å². The van der Waals surface area contributed by atoms with E-state index in [2.05, 4.69) is 0 Å². The number of nitrogens with zero attached hydrogens (tertiary/aromatic N) is 1. The molecule has 1 unspecified atom stereocenters. The van der Waals surface area contributed by atoms with E-state index in [4.69, 9.17) is 5.11 Å². The fourth-order valence-corrected chi connectivity index (χ4v) is 2.58. The zero-order valence-electron chi connectivity index (χ0n) is 11.3. The summed E-state index contributed by atoms with van der Waals surface area (Å²) in [4.78, 5) is 13.8. The third-order valence-corrected chi connectivity index (χ3v) is 3.79. The predicted octanol–water partition coefficient (Wildman–Crippen LogP) is 2.13. The fraction of sp³-hybridized carbons (Fsp3) is 0.533. The molecule has 0 bridgehead atoms. The van der Waals surface area contributed by atoms with Gasteiger partial charge < -0.3 is 10.0 Å². The van der Waals surface area contributed by atoms with Crippen LogP contribution in [0.2, 0.25) is 0 Å². The highest BCUT2D eigenvalue weighted by atomic mass is 19.2. The maximum absolute atomic E-state index is 13.0. The first-order valence-electron chi connectivity index (χ1n) is 6.92. The lowest BCUT2D eigenvalue weighted by atomic mass is 10.1. The minimum Gasteiger partial charge on any atom is -0.396 e. The number of amides is 1. The molecule has 1 aromatic rings. The van der Waals surface area contributed by atoms with E-state index in [9.17, 15) is 13.6 Å². The Balaban J connectivity index is 1.82. The van der Waals surface area contributed by atoms with Crippen molar-refractivity contribution in [2.24, 2.45) is 5.92 Å². The van der Waals surface area contributed by atoms with Crippen LogP contribution in [0.15, 0.2) is 18.2 Å². The first-order valence-corrected chi connectivity index (χ1v) is 6.92. The van der Waals surface area contributed by atoms with E-state index in [1.807, 2.05) is 0 Å². The molecule has 2 rings (SSSR count). The number of carbonyl (C=O) groups excluding carboxylic acids is 1. The number of aliphatic hydroxyl groups is 1. The number of hydrogen-bond donors (Lipinski definition) is 1. The van der Waals surface area contributed by atoms with Crippen LogP contribution in [0.5, 0.6) is 0 Å². The van der Waals surface area contributed by atoms with Gasteiger partial charge in [0, 0.05) is 26.1 Å². The van der Waals surface area contributed by atoms with Crippen molar-refractivity contribution in [1.29, 1.82) is 0 Å². The quantitative estimate of drug-likeness (QED) is 0.899. The Morgan fingerprint density at radius 1 is 1.35 bits per heavy atom. The number of aryl methyl sites for hydroxylation is 1. The van der Waals surface area contributed by atoms with Crippen LogP contribution in [0.25, 0.3) is 0 Å². The summed E-state index contributed by atoms with van der Waals surface area (Å²) in [7, 11) is 0.